The van der Waals surface area contributed by atoms with Gasteiger partial charge < -0.3 is 24.2 Å². The number of esters is 2. The van der Waals surface area contributed by atoms with E-state index in [1.165, 1.54) is 23.2 Å². The monoisotopic (exact) mass is 528 g/mol. The Kier molecular flexibility index (Phi) is 7.37. The Morgan fingerprint density at radius 1 is 1.16 bits per heavy atom. The van der Waals surface area contributed by atoms with Crippen molar-refractivity contribution in [3.63, 3.8) is 0 Å². The van der Waals surface area contributed by atoms with Crippen molar-refractivity contribution in [2.45, 2.75) is 46.3 Å². The van der Waals surface area contributed by atoms with Gasteiger partial charge in [-0.3, -0.25) is 14.9 Å². The normalized spacial score (nSPS) is 19.6. The minimum absolute atomic E-state index is 0.0443. The Labute approximate surface area is 217 Å². The maximum atomic E-state index is 13.0. The summed E-state index contributed by atoms with van der Waals surface area (Å²) in [7, 11) is 0. The lowest BCUT2D eigenvalue weighted by atomic mass is 9.82. The van der Waals surface area contributed by atoms with Crippen LogP contribution in [0.2, 0.25) is 0 Å². The number of nitrogens with zero attached hydrogens (tertiary/aromatic N) is 1. The number of carbonyl (C=O) groups is 4. The fourth-order valence-corrected chi connectivity index (χ4v) is 4.85. The summed E-state index contributed by atoms with van der Waals surface area (Å²) in [5.74, 6) is -2.07. The van der Waals surface area contributed by atoms with E-state index in [0.717, 1.165) is 0 Å². The number of thiophene rings is 1. The maximum Gasteiger partial charge on any atom is 0.417 e. The number of benzene rings is 1. The van der Waals surface area contributed by atoms with E-state index in [2.05, 4.69) is 5.32 Å². The number of carbonyl (C=O) groups excluding carboxylic acids is 4. The van der Waals surface area contributed by atoms with Gasteiger partial charge in [-0.25, -0.2) is 9.59 Å². The highest BCUT2D eigenvalue weighted by Crippen LogP contribution is 2.47. The van der Waals surface area contributed by atoms with Crippen LogP contribution in [0.1, 0.15) is 39.7 Å². The van der Waals surface area contributed by atoms with E-state index in [1.807, 2.05) is 5.38 Å². The van der Waals surface area contributed by atoms with Crippen LogP contribution in [0.4, 0.5) is 9.80 Å². The van der Waals surface area contributed by atoms with Crippen LogP contribution in [0.15, 0.2) is 47.5 Å². The smallest absolute Gasteiger partial charge is 0.417 e. The van der Waals surface area contributed by atoms with Crippen LogP contribution < -0.4 is 10.1 Å². The fraction of sp³-hybridized carbons (Fsp3) is 0.385. The van der Waals surface area contributed by atoms with Gasteiger partial charge in [-0.2, -0.15) is 0 Å². The average molecular weight is 529 g/mol. The Morgan fingerprint density at radius 3 is 2.46 bits per heavy atom. The van der Waals surface area contributed by atoms with E-state index in [9.17, 15) is 24.3 Å². The molecule has 3 heterocycles. The first-order valence-corrected chi connectivity index (χ1v) is 12.6. The molecule has 1 saturated heterocycles. The third-order valence-corrected chi connectivity index (χ3v) is 6.86. The topological polar surface area (TPSA) is 131 Å². The number of hydrogen-bond donors (Lipinski definition) is 2. The molecule has 1 aromatic carbocycles. The number of amides is 2. The van der Waals surface area contributed by atoms with Crippen molar-refractivity contribution in [1.29, 1.82) is 0 Å². The number of aliphatic hydroxyl groups is 1. The van der Waals surface area contributed by atoms with Gasteiger partial charge in [-0.1, -0.05) is 12.1 Å². The summed E-state index contributed by atoms with van der Waals surface area (Å²) in [6, 6.07) is 9.65. The van der Waals surface area contributed by atoms with Crippen molar-refractivity contribution in [3.8, 4) is 5.75 Å². The van der Waals surface area contributed by atoms with Gasteiger partial charge in [0.15, 0.2) is 0 Å². The number of nitrogens with one attached hydrogen (secondary N) is 1. The lowest BCUT2D eigenvalue weighted by molar-refractivity contribution is -0.175. The summed E-state index contributed by atoms with van der Waals surface area (Å²) < 4.78 is 15.5. The van der Waals surface area contributed by atoms with Gasteiger partial charge in [0.1, 0.15) is 11.4 Å². The van der Waals surface area contributed by atoms with Crippen molar-refractivity contribution in [2.75, 3.05) is 12.1 Å². The molecule has 2 amide bonds. The lowest BCUT2D eigenvalue weighted by Gasteiger charge is -2.44. The van der Waals surface area contributed by atoms with E-state index < -0.39 is 48.3 Å². The van der Waals surface area contributed by atoms with E-state index in [-0.39, 0.29) is 17.4 Å². The first-order chi connectivity index (χ1) is 17.5. The van der Waals surface area contributed by atoms with Gasteiger partial charge in [0.05, 0.1) is 28.5 Å². The molecule has 0 aliphatic carbocycles. The predicted octanol–water partition coefficient (Wildman–Crippen LogP) is 3.77. The number of β-lactam (4-membered cyclic amide) rings is 1. The van der Waals surface area contributed by atoms with E-state index >= 15 is 0 Å². The van der Waals surface area contributed by atoms with Crippen LogP contribution in [0, 0.1) is 11.3 Å². The van der Waals surface area contributed by atoms with Gasteiger partial charge in [0, 0.05) is 0 Å². The molecule has 2 aliphatic rings. The molecule has 196 valence electrons. The van der Waals surface area contributed by atoms with Crippen LogP contribution in [0.3, 0.4) is 0 Å². The molecule has 1 aromatic heterocycles. The molecule has 2 aliphatic heterocycles. The number of aliphatic hydroxyl groups excluding tert-OH is 1. The molecule has 4 rings (SSSR count). The molecule has 37 heavy (non-hydrogen) atoms. The van der Waals surface area contributed by atoms with E-state index in [0.29, 0.717) is 22.6 Å². The molecule has 0 radical (unpaired) electrons. The Balaban J connectivity index is 1.51. The number of fused-ring (bicyclic) bond motifs is 1. The third-order valence-electron chi connectivity index (χ3n) is 6.07. The fourth-order valence-electron chi connectivity index (χ4n) is 4.24. The molecular weight excluding hydrogens is 500 g/mol. The quantitative estimate of drug-likeness (QED) is 0.315. The highest BCUT2D eigenvalue weighted by atomic mass is 32.1. The minimum atomic E-state index is -0.879. The zero-order valence-corrected chi connectivity index (χ0v) is 21.7. The molecule has 0 bridgehead atoms. The van der Waals surface area contributed by atoms with Crippen molar-refractivity contribution in [2.24, 2.45) is 11.3 Å². The largest absolute Gasteiger partial charge is 0.427 e. The minimum Gasteiger partial charge on any atom is -0.427 e. The van der Waals surface area contributed by atoms with Gasteiger partial charge in [-0.15, -0.1) is 11.3 Å². The second-order valence-corrected chi connectivity index (χ2v) is 10.8. The second kappa shape index (κ2) is 10.3. The summed E-state index contributed by atoms with van der Waals surface area (Å²) in [6.07, 6.45) is -1.19. The average Bonchev–Trinajstić information content (AvgIpc) is 3.44. The maximum absolute atomic E-state index is 13.0. The first-order valence-electron chi connectivity index (χ1n) is 11.7. The number of rotatable bonds is 7. The summed E-state index contributed by atoms with van der Waals surface area (Å²) in [4.78, 5) is 51.2. The van der Waals surface area contributed by atoms with Crippen molar-refractivity contribution in [1.82, 2.24) is 4.90 Å². The van der Waals surface area contributed by atoms with Gasteiger partial charge >= 0.3 is 18.0 Å². The Morgan fingerprint density at radius 2 is 1.86 bits per heavy atom. The summed E-state index contributed by atoms with van der Waals surface area (Å²) >= 11 is 1.36. The van der Waals surface area contributed by atoms with Crippen molar-refractivity contribution < 1.29 is 38.5 Å². The highest BCUT2D eigenvalue weighted by molar-refractivity contribution is 7.14. The summed E-state index contributed by atoms with van der Waals surface area (Å²) in [5, 5.41) is 15.2. The van der Waals surface area contributed by atoms with Crippen molar-refractivity contribution in [3.05, 3.63) is 53.0 Å². The number of anilines is 1. The van der Waals surface area contributed by atoms with E-state index in [4.69, 9.17) is 14.2 Å². The molecule has 2 aromatic rings. The second-order valence-electron chi connectivity index (χ2n) is 9.82. The molecule has 3 atom stereocenters. The molecule has 11 heteroatoms. The zero-order valence-electron chi connectivity index (χ0n) is 20.8. The molecular formula is C26H28N2O8S. The van der Waals surface area contributed by atoms with E-state index in [1.54, 1.807) is 57.2 Å². The Bertz CT molecular complexity index is 1230. The first kappa shape index (κ1) is 26.4. The predicted molar refractivity (Wildman–Crippen MR) is 134 cm³/mol. The highest BCUT2D eigenvalue weighted by Gasteiger charge is 2.57. The molecule has 0 spiro atoms. The number of ether oxygens (including phenoxy) is 3. The molecule has 2 N–H and O–H groups in total. The third kappa shape index (κ3) is 5.52. The van der Waals surface area contributed by atoms with Crippen LogP contribution in [-0.4, -0.2) is 52.9 Å². The van der Waals surface area contributed by atoms with Gasteiger partial charge in [-0.05, 0) is 74.9 Å². The van der Waals surface area contributed by atoms with Crippen LogP contribution in [0.5, 0.6) is 5.75 Å². The standard InChI is InChI=1S/C26H28N2O8S/c1-14(29)20-18-12-17(15-7-9-16(10-8-15)36-25(33)27-19-6-5-11-37-19)21(28(18)22(20)30)23(31)34-13-35-24(32)26(2,3)4/h5-11,14,18,20,29H,12-13H2,1-4H3,(H,27,33)/t14-,18-,20-/m1/s1. The Hall–Kier alpha value is -3.70. The molecule has 0 unspecified atom stereocenters. The van der Waals surface area contributed by atoms with Gasteiger partial charge in [0.2, 0.25) is 12.7 Å². The van der Waals surface area contributed by atoms with Crippen molar-refractivity contribution >= 4 is 45.9 Å². The lowest BCUT2D eigenvalue weighted by Crippen LogP contribution is -2.61. The summed E-state index contributed by atoms with van der Waals surface area (Å²) in [5.41, 5.74) is 0.444. The molecule has 0 saturated carbocycles. The van der Waals surface area contributed by atoms with Gasteiger partial charge in [0.25, 0.3) is 0 Å². The summed E-state index contributed by atoms with van der Waals surface area (Å²) in [6.45, 7) is 5.97. The zero-order chi connectivity index (χ0) is 26.9. The van der Waals surface area contributed by atoms with Crippen LogP contribution in [-0.2, 0) is 23.9 Å². The van der Waals surface area contributed by atoms with Crippen LogP contribution in [0.25, 0.3) is 5.57 Å². The molecule has 10 nitrogen and oxygen atoms in total. The number of hydrogen-bond acceptors (Lipinski definition) is 9. The SMILES string of the molecule is C[C@@H](O)[C@H]1C(=O)N2C(C(=O)OCOC(=O)C(C)(C)C)=C(c3ccc(OC(=O)Nc4cccs4)cc3)C[C@H]12. The van der Waals surface area contributed by atoms with Crippen LogP contribution >= 0.6 is 11.3 Å². The molecule has 1 fully saturated rings.